The van der Waals surface area contributed by atoms with Crippen molar-refractivity contribution in [3.8, 4) is 5.75 Å². The van der Waals surface area contributed by atoms with Gasteiger partial charge in [-0.2, -0.15) is 0 Å². The van der Waals surface area contributed by atoms with Gasteiger partial charge in [-0.1, -0.05) is 18.2 Å². The zero-order valence-corrected chi connectivity index (χ0v) is 6.86. The number of ether oxygens (including phenoxy) is 1. The number of hydrogen-bond donors (Lipinski definition) is 1. The van der Waals surface area contributed by atoms with Crippen LogP contribution in [0.2, 0.25) is 0 Å². The molecule has 3 nitrogen and oxygen atoms in total. The smallest absolute Gasteiger partial charge is 0.205 e. The molecule has 2 rings (SSSR count). The highest BCUT2D eigenvalue weighted by atomic mass is 16.5. The summed E-state index contributed by atoms with van der Waals surface area (Å²) in [6, 6.07) is 7.28. The summed E-state index contributed by atoms with van der Waals surface area (Å²) in [6.45, 7) is 0. The normalized spacial score (nSPS) is 18.2. The number of rotatable bonds is 0. The molecule has 1 N–H and O–H groups in total. The number of fused-ring (bicyclic) bond motifs is 1. The summed E-state index contributed by atoms with van der Waals surface area (Å²) in [4.78, 5) is 11.2. The molecule has 3 heteroatoms. The molecular formula is C10H8O3. The summed E-state index contributed by atoms with van der Waals surface area (Å²) in [5.74, 6) is 0.460. The molecule has 1 aliphatic rings. The Morgan fingerprint density at radius 2 is 2.15 bits per heavy atom. The van der Waals surface area contributed by atoms with Gasteiger partial charge in [0.05, 0.1) is 0 Å². The Hall–Kier alpha value is -1.77. The van der Waals surface area contributed by atoms with Crippen molar-refractivity contribution in [1.29, 1.82) is 0 Å². The van der Waals surface area contributed by atoms with Gasteiger partial charge in [-0.15, -0.1) is 0 Å². The van der Waals surface area contributed by atoms with Crippen LogP contribution in [0.25, 0.3) is 0 Å². The van der Waals surface area contributed by atoms with Crippen LogP contribution in [0.5, 0.6) is 5.75 Å². The van der Waals surface area contributed by atoms with Gasteiger partial charge in [0.2, 0.25) is 11.5 Å². The van der Waals surface area contributed by atoms with Gasteiger partial charge in [0.25, 0.3) is 0 Å². The third kappa shape index (κ3) is 1.28. The van der Waals surface area contributed by atoms with Gasteiger partial charge in [-0.05, 0) is 6.07 Å². The minimum absolute atomic E-state index is 0.0127. The summed E-state index contributed by atoms with van der Waals surface area (Å²) < 4.78 is 5.15. The molecular weight excluding hydrogens is 168 g/mol. The maximum Gasteiger partial charge on any atom is 0.205 e. The molecule has 0 fully saturated rings. The van der Waals surface area contributed by atoms with Gasteiger partial charge >= 0.3 is 0 Å². The first kappa shape index (κ1) is 7.86. The summed E-state index contributed by atoms with van der Waals surface area (Å²) >= 11 is 0. The second-order valence-corrected chi connectivity index (χ2v) is 2.80. The molecule has 1 aliphatic heterocycles. The van der Waals surface area contributed by atoms with Crippen molar-refractivity contribution in [3.63, 3.8) is 0 Å². The monoisotopic (exact) mass is 176 g/mol. The zero-order chi connectivity index (χ0) is 9.26. The standard InChI is InChI=1S/C10H8O3/c11-6-10-8(12)5-7-3-1-2-4-9(7)13-10/h1-4,6,11H,5H2/b10-6-. The number of carbonyl (C=O) groups excluding carboxylic acids is 1. The molecule has 0 unspecified atom stereocenters. The zero-order valence-electron chi connectivity index (χ0n) is 6.86. The van der Waals surface area contributed by atoms with E-state index in [1.807, 2.05) is 18.2 Å². The second-order valence-electron chi connectivity index (χ2n) is 2.80. The average Bonchev–Trinajstić information content (AvgIpc) is 2.17. The fourth-order valence-electron chi connectivity index (χ4n) is 1.28. The first-order valence-electron chi connectivity index (χ1n) is 3.94. The van der Waals surface area contributed by atoms with E-state index in [1.54, 1.807) is 6.07 Å². The molecule has 1 aromatic rings. The SMILES string of the molecule is O=C1Cc2ccccc2O/C1=C\O. The van der Waals surface area contributed by atoms with Crippen LogP contribution in [0.3, 0.4) is 0 Å². The van der Waals surface area contributed by atoms with Gasteiger partial charge in [0.15, 0.2) is 0 Å². The Morgan fingerprint density at radius 1 is 1.38 bits per heavy atom. The van der Waals surface area contributed by atoms with E-state index >= 15 is 0 Å². The molecule has 0 saturated carbocycles. The lowest BCUT2D eigenvalue weighted by atomic mass is 10.0. The lowest BCUT2D eigenvalue weighted by molar-refractivity contribution is -0.117. The fourth-order valence-corrected chi connectivity index (χ4v) is 1.28. The highest BCUT2D eigenvalue weighted by Gasteiger charge is 2.21. The fraction of sp³-hybridized carbons (Fsp3) is 0.100. The van der Waals surface area contributed by atoms with E-state index in [9.17, 15) is 4.79 Å². The first-order chi connectivity index (χ1) is 6.31. The predicted octanol–water partition coefficient (Wildman–Crippen LogP) is 1.59. The van der Waals surface area contributed by atoms with Crippen LogP contribution in [0.15, 0.2) is 36.3 Å². The third-order valence-corrected chi connectivity index (χ3v) is 1.94. The molecule has 0 radical (unpaired) electrons. The highest BCUT2D eigenvalue weighted by molar-refractivity contribution is 5.96. The molecule has 13 heavy (non-hydrogen) atoms. The van der Waals surface area contributed by atoms with Crippen molar-refractivity contribution < 1.29 is 14.6 Å². The molecule has 0 atom stereocenters. The molecule has 0 saturated heterocycles. The van der Waals surface area contributed by atoms with Crippen LogP contribution in [0.4, 0.5) is 0 Å². The number of carbonyl (C=O) groups is 1. The van der Waals surface area contributed by atoms with Crippen LogP contribution in [0, 0.1) is 0 Å². The largest absolute Gasteiger partial charge is 0.512 e. The Balaban J connectivity index is 2.44. The van der Waals surface area contributed by atoms with Gasteiger partial charge in [0, 0.05) is 12.0 Å². The van der Waals surface area contributed by atoms with Crippen molar-refractivity contribution >= 4 is 5.78 Å². The minimum Gasteiger partial charge on any atom is -0.512 e. The number of ketones is 1. The Kier molecular flexibility index (Phi) is 1.77. The van der Waals surface area contributed by atoms with Crippen molar-refractivity contribution in [2.24, 2.45) is 0 Å². The number of Topliss-reactive ketones (excluding diaryl/α,β-unsaturated/α-hetero) is 1. The summed E-state index contributed by atoms with van der Waals surface area (Å²) in [5, 5.41) is 8.68. The molecule has 0 aliphatic carbocycles. The first-order valence-corrected chi connectivity index (χ1v) is 3.94. The van der Waals surface area contributed by atoms with Crippen molar-refractivity contribution in [3.05, 3.63) is 41.9 Å². The Morgan fingerprint density at radius 3 is 2.92 bits per heavy atom. The third-order valence-electron chi connectivity index (χ3n) is 1.94. The number of aliphatic hydroxyl groups excluding tert-OH is 1. The summed E-state index contributed by atoms with van der Waals surface area (Å²) in [5.41, 5.74) is 0.859. The topological polar surface area (TPSA) is 46.5 Å². The van der Waals surface area contributed by atoms with E-state index in [-0.39, 0.29) is 11.5 Å². The van der Waals surface area contributed by atoms with E-state index in [4.69, 9.17) is 9.84 Å². The van der Waals surface area contributed by atoms with Gasteiger partial charge in [0.1, 0.15) is 12.0 Å². The molecule has 1 aromatic carbocycles. The predicted molar refractivity (Wildman–Crippen MR) is 46.5 cm³/mol. The summed E-state index contributed by atoms with van der Waals surface area (Å²) in [6.07, 6.45) is 1.00. The lowest BCUT2D eigenvalue weighted by Crippen LogP contribution is -2.18. The second kappa shape index (κ2) is 2.94. The van der Waals surface area contributed by atoms with Gasteiger partial charge < -0.3 is 9.84 Å². The number of para-hydroxylation sites is 1. The Bertz CT molecular complexity index is 380. The van der Waals surface area contributed by atoms with Crippen LogP contribution in [-0.2, 0) is 11.2 Å². The van der Waals surface area contributed by atoms with Crippen molar-refractivity contribution in [2.45, 2.75) is 6.42 Å². The number of benzene rings is 1. The van der Waals surface area contributed by atoms with Crippen LogP contribution in [-0.4, -0.2) is 10.9 Å². The minimum atomic E-state index is -0.193. The van der Waals surface area contributed by atoms with Gasteiger partial charge in [-0.3, -0.25) is 4.79 Å². The van der Waals surface area contributed by atoms with Crippen molar-refractivity contribution in [2.75, 3.05) is 0 Å². The molecule has 0 bridgehead atoms. The molecule has 66 valence electrons. The maximum atomic E-state index is 11.2. The maximum absolute atomic E-state index is 11.2. The quantitative estimate of drug-likeness (QED) is 0.482. The number of hydrogen-bond acceptors (Lipinski definition) is 3. The van der Waals surface area contributed by atoms with Crippen LogP contribution in [0.1, 0.15) is 5.56 Å². The lowest BCUT2D eigenvalue weighted by Gasteiger charge is -2.16. The van der Waals surface area contributed by atoms with Crippen LogP contribution >= 0.6 is 0 Å². The summed E-state index contributed by atoms with van der Waals surface area (Å²) in [7, 11) is 0. The number of aliphatic hydroxyl groups is 1. The van der Waals surface area contributed by atoms with E-state index in [2.05, 4.69) is 0 Å². The molecule has 0 amide bonds. The number of allylic oxidation sites excluding steroid dienone is 1. The average molecular weight is 176 g/mol. The van der Waals surface area contributed by atoms with E-state index in [0.717, 1.165) is 5.56 Å². The van der Waals surface area contributed by atoms with Crippen molar-refractivity contribution in [1.82, 2.24) is 0 Å². The van der Waals surface area contributed by atoms with Gasteiger partial charge in [-0.25, -0.2) is 0 Å². The van der Waals surface area contributed by atoms with E-state index in [0.29, 0.717) is 18.4 Å². The molecule has 0 aromatic heterocycles. The van der Waals surface area contributed by atoms with E-state index in [1.165, 1.54) is 0 Å². The molecule has 1 heterocycles. The van der Waals surface area contributed by atoms with E-state index < -0.39 is 0 Å². The Labute approximate surface area is 75.3 Å². The highest BCUT2D eigenvalue weighted by Crippen LogP contribution is 2.26. The molecule has 0 spiro atoms. The van der Waals surface area contributed by atoms with Crippen LogP contribution < -0.4 is 4.74 Å².